The van der Waals surface area contributed by atoms with Crippen molar-refractivity contribution in [1.29, 1.82) is 0 Å². The standard InChI is InChI=1S/C20H15F2NO3/c1-12(26-20(25)18-15(21)9-5-10-16(18)22)19(24)23-17-11-4-7-13-6-2-3-8-14(13)17/h2-12H,1H3,(H,23,24). The van der Waals surface area contributed by atoms with Crippen molar-refractivity contribution in [3.8, 4) is 0 Å². The molecule has 0 aromatic heterocycles. The predicted octanol–water partition coefficient (Wildman–Crippen LogP) is 4.30. The monoisotopic (exact) mass is 355 g/mol. The van der Waals surface area contributed by atoms with E-state index < -0.39 is 35.2 Å². The normalized spacial score (nSPS) is 11.8. The molecule has 1 atom stereocenters. The highest BCUT2D eigenvalue weighted by molar-refractivity contribution is 6.04. The molecule has 1 N–H and O–H groups in total. The van der Waals surface area contributed by atoms with Gasteiger partial charge in [-0.3, -0.25) is 4.79 Å². The summed E-state index contributed by atoms with van der Waals surface area (Å²) in [5.41, 5.74) is -0.273. The van der Waals surface area contributed by atoms with Crippen LogP contribution < -0.4 is 5.32 Å². The lowest BCUT2D eigenvalue weighted by molar-refractivity contribution is -0.123. The fourth-order valence-corrected chi connectivity index (χ4v) is 2.53. The lowest BCUT2D eigenvalue weighted by Gasteiger charge is -2.15. The van der Waals surface area contributed by atoms with Crippen molar-refractivity contribution in [2.45, 2.75) is 13.0 Å². The van der Waals surface area contributed by atoms with Crippen LogP contribution in [0.4, 0.5) is 14.5 Å². The number of hydrogen-bond donors (Lipinski definition) is 1. The Morgan fingerprint density at radius 2 is 1.54 bits per heavy atom. The summed E-state index contributed by atoms with van der Waals surface area (Å²) in [6, 6.07) is 15.9. The van der Waals surface area contributed by atoms with Crippen LogP contribution in [0.15, 0.2) is 60.7 Å². The first-order valence-corrected chi connectivity index (χ1v) is 7.91. The van der Waals surface area contributed by atoms with Gasteiger partial charge in [-0.2, -0.15) is 0 Å². The summed E-state index contributed by atoms with van der Waals surface area (Å²) in [5, 5.41) is 4.42. The van der Waals surface area contributed by atoms with E-state index in [-0.39, 0.29) is 0 Å². The number of nitrogens with one attached hydrogen (secondary N) is 1. The van der Waals surface area contributed by atoms with Crippen LogP contribution in [0.25, 0.3) is 10.8 Å². The van der Waals surface area contributed by atoms with Crippen LogP contribution in [0.2, 0.25) is 0 Å². The average Bonchev–Trinajstić information content (AvgIpc) is 2.61. The van der Waals surface area contributed by atoms with Gasteiger partial charge in [0.05, 0.1) is 0 Å². The topological polar surface area (TPSA) is 55.4 Å². The number of anilines is 1. The largest absolute Gasteiger partial charge is 0.449 e. The zero-order valence-electron chi connectivity index (χ0n) is 13.8. The van der Waals surface area contributed by atoms with Gasteiger partial charge in [0.1, 0.15) is 17.2 Å². The number of hydrogen-bond acceptors (Lipinski definition) is 3. The smallest absolute Gasteiger partial charge is 0.344 e. The number of carbonyl (C=O) groups is 2. The Labute approximate surface area is 148 Å². The van der Waals surface area contributed by atoms with Crippen LogP contribution in [-0.2, 0) is 9.53 Å². The highest BCUT2D eigenvalue weighted by Gasteiger charge is 2.24. The first kappa shape index (κ1) is 17.5. The van der Waals surface area contributed by atoms with Gasteiger partial charge >= 0.3 is 5.97 Å². The maximum Gasteiger partial charge on any atom is 0.344 e. The van der Waals surface area contributed by atoms with E-state index in [4.69, 9.17) is 4.74 Å². The summed E-state index contributed by atoms with van der Waals surface area (Å²) < 4.78 is 32.2. The molecule has 0 aliphatic heterocycles. The van der Waals surface area contributed by atoms with Crippen LogP contribution in [0, 0.1) is 11.6 Å². The van der Waals surface area contributed by atoms with Gasteiger partial charge in [-0.05, 0) is 30.5 Å². The minimum atomic E-state index is -1.24. The number of esters is 1. The third-order valence-corrected chi connectivity index (χ3v) is 3.87. The summed E-state index contributed by atoms with van der Waals surface area (Å²) in [7, 11) is 0. The molecule has 1 amide bonds. The molecule has 132 valence electrons. The summed E-state index contributed by atoms with van der Waals surface area (Å²) in [4.78, 5) is 24.3. The SMILES string of the molecule is CC(OC(=O)c1c(F)cccc1F)C(=O)Nc1cccc2ccccc12. The van der Waals surface area contributed by atoms with Crippen LogP contribution in [0.3, 0.4) is 0 Å². The highest BCUT2D eigenvalue weighted by Crippen LogP contribution is 2.23. The lowest BCUT2D eigenvalue weighted by Crippen LogP contribution is -2.30. The van der Waals surface area contributed by atoms with Crippen LogP contribution in [-0.4, -0.2) is 18.0 Å². The molecule has 3 aromatic carbocycles. The van der Waals surface area contributed by atoms with Crippen molar-refractivity contribution in [3.63, 3.8) is 0 Å². The molecule has 0 aliphatic rings. The number of halogens is 2. The molecule has 0 saturated heterocycles. The van der Waals surface area contributed by atoms with Crippen LogP contribution in [0.5, 0.6) is 0 Å². The van der Waals surface area contributed by atoms with Gasteiger partial charge in [0.25, 0.3) is 5.91 Å². The fourth-order valence-electron chi connectivity index (χ4n) is 2.53. The van der Waals surface area contributed by atoms with Gasteiger partial charge < -0.3 is 10.1 Å². The first-order chi connectivity index (χ1) is 12.5. The maximum absolute atomic E-state index is 13.6. The van der Waals surface area contributed by atoms with Crippen molar-refractivity contribution in [2.24, 2.45) is 0 Å². The van der Waals surface area contributed by atoms with Crippen molar-refractivity contribution in [1.82, 2.24) is 0 Å². The van der Waals surface area contributed by atoms with Crippen molar-refractivity contribution in [2.75, 3.05) is 5.32 Å². The molecule has 0 radical (unpaired) electrons. The van der Waals surface area contributed by atoms with E-state index in [9.17, 15) is 18.4 Å². The van der Waals surface area contributed by atoms with E-state index in [1.165, 1.54) is 6.92 Å². The molecule has 26 heavy (non-hydrogen) atoms. The van der Waals surface area contributed by atoms with E-state index in [0.717, 1.165) is 29.0 Å². The number of carbonyl (C=O) groups excluding carboxylic acids is 2. The fraction of sp³-hybridized carbons (Fsp3) is 0.100. The summed E-state index contributed by atoms with van der Waals surface area (Å²) in [5.74, 6) is -3.93. The van der Waals surface area contributed by atoms with E-state index in [1.807, 2.05) is 30.3 Å². The first-order valence-electron chi connectivity index (χ1n) is 7.91. The Kier molecular flexibility index (Phi) is 4.93. The predicted molar refractivity (Wildman–Crippen MR) is 93.8 cm³/mol. The molecule has 4 nitrogen and oxygen atoms in total. The number of fused-ring (bicyclic) bond motifs is 1. The lowest BCUT2D eigenvalue weighted by atomic mass is 10.1. The minimum Gasteiger partial charge on any atom is -0.449 e. The molecule has 0 fully saturated rings. The third-order valence-electron chi connectivity index (χ3n) is 3.87. The second kappa shape index (κ2) is 7.31. The van der Waals surface area contributed by atoms with Crippen LogP contribution >= 0.6 is 0 Å². The second-order valence-corrected chi connectivity index (χ2v) is 5.66. The highest BCUT2D eigenvalue weighted by atomic mass is 19.1. The molecule has 1 unspecified atom stereocenters. The molecular formula is C20H15F2NO3. The maximum atomic E-state index is 13.6. The Bertz CT molecular complexity index is 962. The van der Waals surface area contributed by atoms with Gasteiger partial charge in [0.2, 0.25) is 0 Å². The summed E-state index contributed by atoms with van der Waals surface area (Å²) in [6.07, 6.45) is -1.24. The summed E-state index contributed by atoms with van der Waals surface area (Å²) in [6.45, 7) is 1.33. The molecule has 6 heteroatoms. The molecule has 0 bridgehead atoms. The van der Waals surface area contributed by atoms with Crippen molar-refractivity contribution < 1.29 is 23.1 Å². The second-order valence-electron chi connectivity index (χ2n) is 5.66. The number of amides is 1. The molecule has 0 aliphatic carbocycles. The van der Waals surface area contributed by atoms with Gasteiger partial charge in [0.15, 0.2) is 6.10 Å². The average molecular weight is 355 g/mol. The van der Waals surface area contributed by atoms with Crippen molar-refractivity contribution in [3.05, 3.63) is 77.9 Å². The Balaban J connectivity index is 1.75. The zero-order valence-corrected chi connectivity index (χ0v) is 13.8. The van der Waals surface area contributed by atoms with E-state index >= 15 is 0 Å². The number of benzene rings is 3. The van der Waals surface area contributed by atoms with Gasteiger partial charge in [-0.1, -0.05) is 42.5 Å². The van der Waals surface area contributed by atoms with E-state index in [2.05, 4.69) is 5.32 Å². The molecule has 0 heterocycles. The molecule has 3 aromatic rings. The van der Waals surface area contributed by atoms with E-state index in [1.54, 1.807) is 12.1 Å². The Morgan fingerprint density at radius 3 is 2.27 bits per heavy atom. The number of rotatable bonds is 4. The molecule has 0 spiro atoms. The van der Waals surface area contributed by atoms with Gasteiger partial charge in [0, 0.05) is 11.1 Å². The summed E-state index contributed by atoms with van der Waals surface area (Å²) >= 11 is 0. The van der Waals surface area contributed by atoms with Crippen LogP contribution in [0.1, 0.15) is 17.3 Å². The third kappa shape index (κ3) is 3.54. The Hall–Kier alpha value is -3.28. The molecule has 3 rings (SSSR count). The zero-order chi connectivity index (χ0) is 18.7. The minimum absolute atomic E-state index is 0.549. The molecular weight excluding hydrogens is 340 g/mol. The van der Waals surface area contributed by atoms with Gasteiger partial charge in [-0.25, -0.2) is 13.6 Å². The van der Waals surface area contributed by atoms with Gasteiger partial charge in [-0.15, -0.1) is 0 Å². The Morgan fingerprint density at radius 1 is 0.923 bits per heavy atom. The quantitative estimate of drug-likeness (QED) is 0.710. The van der Waals surface area contributed by atoms with E-state index in [0.29, 0.717) is 5.69 Å². The molecule has 0 saturated carbocycles. The number of ether oxygens (including phenoxy) is 1. The van der Waals surface area contributed by atoms with Crippen molar-refractivity contribution >= 4 is 28.3 Å².